The third kappa shape index (κ3) is 5.54. The molecule has 11 heteroatoms. The Hall–Kier alpha value is -4.28. The summed E-state index contributed by atoms with van der Waals surface area (Å²) in [5.41, 5.74) is 10.3. The first-order chi connectivity index (χ1) is 18.9. The fourth-order valence-corrected chi connectivity index (χ4v) is 4.94. The van der Waals surface area contributed by atoms with Crippen molar-refractivity contribution in [1.82, 2.24) is 29.5 Å². The number of rotatable bonds is 7. The van der Waals surface area contributed by atoms with Crippen molar-refractivity contribution < 1.29 is 14.4 Å². The first-order valence-corrected chi connectivity index (χ1v) is 13.5. The average molecular weight is 547 g/mol. The summed E-state index contributed by atoms with van der Waals surface area (Å²) in [5, 5.41) is 8.09. The number of nitrogens with one attached hydrogen (secondary N) is 1. The predicted molar refractivity (Wildman–Crippen MR) is 155 cm³/mol. The molecule has 0 spiro atoms. The minimum Gasteiger partial charge on any atom is -0.383 e. The second-order valence-electron chi connectivity index (χ2n) is 10.8. The Bertz CT molecular complexity index is 1490. The van der Waals surface area contributed by atoms with E-state index in [0.717, 1.165) is 29.5 Å². The van der Waals surface area contributed by atoms with Crippen molar-refractivity contribution in [3.8, 4) is 0 Å². The molecule has 3 heterocycles. The number of nitrogens with zero attached hydrogens (tertiary/aromatic N) is 6. The van der Waals surface area contributed by atoms with Gasteiger partial charge < -0.3 is 20.9 Å². The van der Waals surface area contributed by atoms with Gasteiger partial charge in [0.05, 0.1) is 17.8 Å². The van der Waals surface area contributed by atoms with E-state index in [1.807, 2.05) is 33.8 Å². The zero-order valence-electron chi connectivity index (χ0n) is 24.1. The number of likely N-dealkylation sites (N-methyl/N-ethyl adjacent to an activating group) is 1. The molecule has 1 aromatic carbocycles. The molecule has 0 saturated carbocycles. The summed E-state index contributed by atoms with van der Waals surface area (Å²) in [6, 6.07) is 3.47. The molecule has 1 aliphatic heterocycles. The molecule has 40 heavy (non-hydrogen) atoms. The number of fused-ring (bicyclic) bond motifs is 1. The molecule has 1 saturated heterocycles. The van der Waals surface area contributed by atoms with E-state index in [-0.39, 0.29) is 41.7 Å². The topological polar surface area (TPSA) is 139 Å². The van der Waals surface area contributed by atoms with Gasteiger partial charge in [-0.25, -0.2) is 14.6 Å². The smallest absolute Gasteiger partial charge is 0.277 e. The van der Waals surface area contributed by atoms with Crippen LogP contribution in [0.4, 0.5) is 11.5 Å². The number of hydrogen-bond acceptors (Lipinski definition) is 7. The first kappa shape index (κ1) is 28.7. The molecular weight excluding hydrogens is 508 g/mol. The highest BCUT2D eigenvalue weighted by molar-refractivity contribution is 6.13. The molecule has 0 bridgehead atoms. The van der Waals surface area contributed by atoms with E-state index in [4.69, 9.17) is 15.8 Å². The monoisotopic (exact) mass is 546 g/mol. The summed E-state index contributed by atoms with van der Waals surface area (Å²) in [4.78, 5) is 50.8. The van der Waals surface area contributed by atoms with Gasteiger partial charge >= 0.3 is 0 Å². The van der Waals surface area contributed by atoms with Crippen LogP contribution in [0, 0.1) is 13.8 Å². The second-order valence-corrected chi connectivity index (χ2v) is 10.8. The van der Waals surface area contributed by atoms with Crippen molar-refractivity contribution >= 4 is 40.3 Å². The number of likely N-dealkylation sites (tertiary alicyclic amines) is 1. The number of benzene rings is 1. The van der Waals surface area contributed by atoms with Crippen molar-refractivity contribution in [3.05, 3.63) is 53.0 Å². The molecule has 4 rings (SSSR count). The van der Waals surface area contributed by atoms with Crippen molar-refractivity contribution in [2.45, 2.75) is 58.9 Å². The number of nitrogen functional groups attached to an aromatic ring is 1. The molecule has 3 N–H and O–H groups in total. The minimum absolute atomic E-state index is 0.00334. The summed E-state index contributed by atoms with van der Waals surface area (Å²) in [6.45, 7) is 12.5. The van der Waals surface area contributed by atoms with Gasteiger partial charge in [0.1, 0.15) is 11.6 Å². The molecule has 3 amide bonds. The molecule has 1 atom stereocenters. The van der Waals surface area contributed by atoms with Crippen molar-refractivity contribution in [2.75, 3.05) is 38.2 Å². The van der Waals surface area contributed by atoms with E-state index >= 15 is 0 Å². The fourth-order valence-electron chi connectivity index (χ4n) is 4.94. The van der Waals surface area contributed by atoms with Crippen molar-refractivity contribution in [1.29, 1.82) is 0 Å². The Morgan fingerprint density at radius 3 is 2.58 bits per heavy atom. The van der Waals surface area contributed by atoms with Crippen molar-refractivity contribution in [2.24, 2.45) is 0 Å². The zero-order chi connectivity index (χ0) is 29.3. The number of anilines is 2. The Labute approximate surface area is 234 Å². The van der Waals surface area contributed by atoms with Gasteiger partial charge in [0.2, 0.25) is 11.8 Å². The van der Waals surface area contributed by atoms with Crippen LogP contribution in [0.3, 0.4) is 0 Å². The summed E-state index contributed by atoms with van der Waals surface area (Å²) < 4.78 is 1.73. The van der Waals surface area contributed by atoms with Gasteiger partial charge in [-0.1, -0.05) is 26.5 Å². The second kappa shape index (κ2) is 11.4. The Balaban J connectivity index is 1.73. The molecule has 11 nitrogen and oxygen atoms in total. The van der Waals surface area contributed by atoms with Gasteiger partial charge in [-0.2, -0.15) is 5.10 Å². The Morgan fingerprint density at radius 1 is 1.20 bits per heavy atom. The lowest BCUT2D eigenvalue weighted by molar-refractivity contribution is -0.128. The third-order valence-corrected chi connectivity index (χ3v) is 7.54. The standard InChI is InChI=1S/C29H38N8O3/c1-8-22(38)36-13-9-10-20(15-36)37-28-24(26(30)32-27(33-28)16(2)3)25(34-37)29(40)31-21-12-11-19(17(4)18(21)5)14-23(39)35(6)7/h8,11-12,16,20H,1,9-10,13-15H2,2-7H3,(H,31,40)(H2,30,32,33). The highest BCUT2D eigenvalue weighted by atomic mass is 16.2. The van der Waals surface area contributed by atoms with Crippen LogP contribution in [0.5, 0.6) is 0 Å². The van der Waals surface area contributed by atoms with E-state index in [9.17, 15) is 14.4 Å². The summed E-state index contributed by atoms with van der Waals surface area (Å²) in [6.07, 6.45) is 3.14. The van der Waals surface area contributed by atoms with Crippen LogP contribution >= 0.6 is 0 Å². The number of hydrogen-bond donors (Lipinski definition) is 2. The van der Waals surface area contributed by atoms with Crippen LogP contribution in [0.1, 0.15) is 71.7 Å². The zero-order valence-corrected chi connectivity index (χ0v) is 24.1. The molecule has 1 aliphatic rings. The SMILES string of the molecule is C=CC(=O)N1CCCC(n2nc(C(=O)Nc3ccc(CC(=O)N(C)C)c(C)c3C)c3c(N)nc(C(C)C)nc32)C1. The summed E-state index contributed by atoms with van der Waals surface area (Å²) in [5.74, 6) is 0.181. The first-order valence-electron chi connectivity index (χ1n) is 13.5. The number of piperidine rings is 1. The summed E-state index contributed by atoms with van der Waals surface area (Å²) >= 11 is 0. The lowest BCUT2D eigenvalue weighted by atomic mass is 9.98. The van der Waals surface area contributed by atoms with Gasteiger partial charge in [0.25, 0.3) is 5.91 Å². The Kier molecular flexibility index (Phi) is 8.22. The van der Waals surface area contributed by atoms with Gasteiger partial charge in [0, 0.05) is 38.8 Å². The molecule has 212 valence electrons. The maximum Gasteiger partial charge on any atom is 0.277 e. The van der Waals surface area contributed by atoms with Gasteiger partial charge in [-0.05, 0) is 55.5 Å². The lowest BCUT2D eigenvalue weighted by Gasteiger charge is -2.32. The predicted octanol–water partition coefficient (Wildman–Crippen LogP) is 3.38. The van der Waals surface area contributed by atoms with Crippen LogP contribution < -0.4 is 11.1 Å². The van der Waals surface area contributed by atoms with E-state index < -0.39 is 5.91 Å². The van der Waals surface area contributed by atoms with E-state index in [2.05, 4.69) is 16.9 Å². The molecule has 3 aromatic rings. The maximum atomic E-state index is 13.7. The normalized spacial score (nSPS) is 15.4. The fraction of sp³-hybridized carbons (Fsp3) is 0.448. The quantitative estimate of drug-likeness (QED) is 0.433. The maximum absolute atomic E-state index is 13.7. The molecular formula is C29H38N8O3. The largest absolute Gasteiger partial charge is 0.383 e. The molecule has 0 aliphatic carbocycles. The van der Waals surface area contributed by atoms with Crippen LogP contribution in [0.25, 0.3) is 11.0 Å². The van der Waals surface area contributed by atoms with Gasteiger partial charge in [0.15, 0.2) is 11.3 Å². The van der Waals surface area contributed by atoms with Crippen LogP contribution in [0.2, 0.25) is 0 Å². The van der Waals surface area contributed by atoms with E-state index in [1.165, 1.54) is 6.08 Å². The molecule has 0 radical (unpaired) electrons. The average Bonchev–Trinajstić information content (AvgIpc) is 3.32. The van der Waals surface area contributed by atoms with Crippen molar-refractivity contribution in [3.63, 3.8) is 0 Å². The van der Waals surface area contributed by atoms with Crippen LogP contribution in [-0.4, -0.2) is 74.5 Å². The third-order valence-electron chi connectivity index (χ3n) is 7.54. The number of amides is 3. The van der Waals surface area contributed by atoms with E-state index in [0.29, 0.717) is 35.6 Å². The van der Waals surface area contributed by atoms with Crippen LogP contribution in [-0.2, 0) is 16.0 Å². The van der Waals surface area contributed by atoms with E-state index in [1.54, 1.807) is 34.6 Å². The number of aromatic nitrogens is 4. The highest BCUT2D eigenvalue weighted by Crippen LogP contribution is 2.31. The minimum atomic E-state index is -0.439. The number of carbonyl (C=O) groups is 3. The van der Waals surface area contributed by atoms with Gasteiger partial charge in [-0.3, -0.25) is 14.4 Å². The highest BCUT2D eigenvalue weighted by Gasteiger charge is 2.30. The Morgan fingerprint density at radius 2 is 1.93 bits per heavy atom. The molecule has 1 unspecified atom stereocenters. The van der Waals surface area contributed by atoms with Gasteiger partial charge in [-0.15, -0.1) is 0 Å². The molecule has 1 fully saturated rings. The number of nitrogens with two attached hydrogens (primary N) is 1. The molecule has 2 aromatic heterocycles. The summed E-state index contributed by atoms with van der Waals surface area (Å²) in [7, 11) is 3.45. The number of carbonyl (C=O) groups excluding carboxylic acids is 3. The van der Waals surface area contributed by atoms with Crippen LogP contribution in [0.15, 0.2) is 24.8 Å². The lowest BCUT2D eigenvalue weighted by Crippen LogP contribution is -2.40.